The van der Waals surface area contributed by atoms with Gasteiger partial charge in [0.05, 0.1) is 44.1 Å². The van der Waals surface area contributed by atoms with Gasteiger partial charge in [-0.15, -0.1) is 0 Å². The first-order valence-electron chi connectivity index (χ1n) is 16.9. The number of para-hydroxylation sites is 1. The zero-order valence-corrected chi connectivity index (χ0v) is 27.2. The van der Waals surface area contributed by atoms with Crippen molar-refractivity contribution in [3.63, 3.8) is 0 Å². The quantitative estimate of drug-likeness (QED) is 0.187. The fourth-order valence-corrected chi connectivity index (χ4v) is 7.90. The topological polar surface area (TPSA) is 66.3 Å². The Balaban J connectivity index is 0.00000338. The van der Waals surface area contributed by atoms with Crippen LogP contribution in [0.4, 0.5) is 0 Å². The predicted molar refractivity (Wildman–Crippen MR) is 213 cm³/mol. The van der Waals surface area contributed by atoms with Crippen LogP contribution in [0, 0.1) is 0 Å². The zero-order valence-electron chi connectivity index (χ0n) is 27.2. The van der Waals surface area contributed by atoms with Gasteiger partial charge in [0.15, 0.2) is 0 Å². The van der Waals surface area contributed by atoms with E-state index >= 15 is 0 Å². The molecule has 0 aliphatic rings. The van der Waals surface area contributed by atoms with Crippen molar-refractivity contribution in [1.82, 2.24) is 33.6 Å². The van der Waals surface area contributed by atoms with Crippen molar-refractivity contribution in [3.8, 4) is 28.2 Å². The fraction of sp³-hybridized carbons (Fsp3) is 0.0222. The molecule has 0 bridgehead atoms. The molecular weight excluding hydrogens is 639 g/mol. The van der Waals surface area contributed by atoms with E-state index in [2.05, 4.69) is 139 Å². The van der Waals surface area contributed by atoms with Gasteiger partial charge in [0.25, 0.3) is 0 Å². The fourth-order valence-electron chi connectivity index (χ4n) is 7.90. The molecule has 7 aromatic heterocycles. The van der Waals surface area contributed by atoms with Crippen LogP contribution in [-0.2, 0) is 0 Å². The third kappa shape index (κ3) is 4.26. The summed E-state index contributed by atoms with van der Waals surface area (Å²) in [6.07, 6.45) is 11.3. The Morgan fingerprint density at radius 3 is 1.42 bits per heavy atom. The van der Waals surface area contributed by atoms with Crippen molar-refractivity contribution in [3.05, 3.63) is 165 Å². The number of nitrogens with zero attached hydrogens (tertiary/aromatic N) is 7. The van der Waals surface area contributed by atoms with Crippen LogP contribution in [-0.4, -0.2) is 33.6 Å². The second-order valence-corrected chi connectivity index (χ2v) is 12.8. The smallest absolute Gasteiger partial charge is 0.0964 e. The number of rotatable bonds is 4. The SMILES string of the molecule is C.c1ccc2c(c1)c1ncccc1n2-c1ccc2c(c1)c1ncccc1n2-c1ccc(-c2ccc(-n3c4ccncc4c4cnccc43)cc2)cc1. The normalized spacial score (nSPS) is 11.7. The Kier molecular flexibility index (Phi) is 6.56. The molecule has 0 N–H and O–H groups in total. The van der Waals surface area contributed by atoms with Gasteiger partial charge in [-0.2, -0.15) is 0 Å². The van der Waals surface area contributed by atoms with E-state index in [1.54, 1.807) is 0 Å². The largest absolute Gasteiger partial charge is 0.309 e. The summed E-state index contributed by atoms with van der Waals surface area (Å²) >= 11 is 0. The van der Waals surface area contributed by atoms with Crippen molar-refractivity contribution in [2.24, 2.45) is 0 Å². The molecule has 0 atom stereocenters. The van der Waals surface area contributed by atoms with Crippen LogP contribution in [0.15, 0.2) is 165 Å². The Morgan fingerprint density at radius 2 is 0.808 bits per heavy atom. The maximum atomic E-state index is 4.88. The molecule has 7 heterocycles. The molecule has 0 amide bonds. The molecule has 0 saturated heterocycles. The molecule has 0 fully saturated rings. The first-order valence-corrected chi connectivity index (χ1v) is 16.9. The summed E-state index contributed by atoms with van der Waals surface area (Å²) in [6, 6.07) is 45.2. The summed E-state index contributed by atoms with van der Waals surface area (Å²) in [5, 5.41) is 4.45. The molecule has 0 aliphatic carbocycles. The van der Waals surface area contributed by atoms with E-state index in [1.807, 2.05) is 49.3 Å². The summed E-state index contributed by atoms with van der Waals surface area (Å²) < 4.78 is 6.90. The van der Waals surface area contributed by atoms with Crippen LogP contribution in [0.1, 0.15) is 7.43 Å². The Bertz CT molecular complexity index is 3020. The molecule has 0 aliphatic heterocycles. The predicted octanol–water partition coefficient (Wildman–Crippen LogP) is 10.9. The van der Waals surface area contributed by atoms with Gasteiger partial charge in [0.1, 0.15) is 0 Å². The lowest BCUT2D eigenvalue weighted by molar-refractivity contribution is 1.16. The third-order valence-corrected chi connectivity index (χ3v) is 10.1. The average molecular weight is 670 g/mol. The van der Waals surface area contributed by atoms with Crippen molar-refractivity contribution in [2.75, 3.05) is 0 Å². The summed E-state index contributed by atoms with van der Waals surface area (Å²) in [6.45, 7) is 0. The van der Waals surface area contributed by atoms with Crippen LogP contribution in [0.3, 0.4) is 0 Å². The number of hydrogen-bond acceptors (Lipinski definition) is 4. The number of hydrogen-bond donors (Lipinski definition) is 0. The van der Waals surface area contributed by atoms with Gasteiger partial charge in [-0.3, -0.25) is 19.9 Å². The van der Waals surface area contributed by atoms with E-state index in [0.29, 0.717) is 0 Å². The molecule has 11 rings (SSSR count). The second-order valence-electron chi connectivity index (χ2n) is 12.8. The monoisotopic (exact) mass is 669 g/mol. The molecule has 4 aromatic carbocycles. The van der Waals surface area contributed by atoms with E-state index < -0.39 is 0 Å². The lowest BCUT2D eigenvalue weighted by Crippen LogP contribution is -1.96. The first kappa shape index (κ1) is 29.8. The van der Waals surface area contributed by atoms with E-state index in [0.717, 1.165) is 93.9 Å². The first-order chi connectivity index (χ1) is 25.3. The summed E-state index contributed by atoms with van der Waals surface area (Å²) in [5.41, 5.74) is 14.2. The van der Waals surface area contributed by atoms with Crippen LogP contribution >= 0.6 is 0 Å². The van der Waals surface area contributed by atoms with Crippen LogP contribution in [0.2, 0.25) is 0 Å². The molecular formula is C45H31N7. The highest BCUT2D eigenvalue weighted by atomic mass is 15.0. The van der Waals surface area contributed by atoms with Crippen LogP contribution in [0.25, 0.3) is 93.9 Å². The minimum atomic E-state index is 0. The van der Waals surface area contributed by atoms with Gasteiger partial charge in [-0.05, 0) is 96.1 Å². The maximum absolute atomic E-state index is 4.88. The lowest BCUT2D eigenvalue weighted by atomic mass is 10.0. The molecule has 0 saturated carbocycles. The molecule has 0 unspecified atom stereocenters. The Hall–Kier alpha value is -7.12. The molecule has 0 radical (unpaired) electrons. The summed E-state index contributed by atoms with van der Waals surface area (Å²) in [4.78, 5) is 18.4. The van der Waals surface area contributed by atoms with E-state index in [9.17, 15) is 0 Å². The minimum Gasteiger partial charge on any atom is -0.309 e. The van der Waals surface area contributed by atoms with Crippen molar-refractivity contribution < 1.29 is 0 Å². The summed E-state index contributed by atoms with van der Waals surface area (Å²) in [7, 11) is 0. The Morgan fingerprint density at radius 1 is 0.346 bits per heavy atom. The summed E-state index contributed by atoms with van der Waals surface area (Å²) in [5.74, 6) is 0. The van der Waals surface area contributed by atoms with Gasteiger partial charge in [-0.1, -0.05) is 49.9 Å². The lowest BCUT2D eigenvalue weighted by Gasteiger charge is -2.11. The van der Waals surface area contributed by atoms with Gasteiger partial charge < -0.3 is 13.7 Å². The number of pyridine rings is 4. The van der Waals surface area contributed by atoms with Crippen molar-refractivity contribution in [2.45, 2.75) is 7.43 Å². The minimum absolute atomic E-state index is 0. The highest BCUT2D eigenvalue weighted by molar-refractivity contribution is 6.10. The number of fused-ring (bicyclic) bond motifs is 9. The maximum Gasteiger partial charge on any atom is 0.0964 e. The van der Waals surface area contributed by atoms with Gasteiger partial charge in [0.2, 0.25) is 0 Å². The van der Waals surface area contributed by atoms with E-state index in [4.69, 9.17) is 9.97 Å². The van der Waals surface area contributed by atoms with Gasteiger partial charge in [0, 0.05) is 75.8 Å². The highest BCUT2D eigenvalue weighted by Crippen LogP contribution is 2.37. The molecule has 0 spiro atoms. The molecule has 7 heteroatoms. The standard InChI is InChI=1S/C44H27N7.CH4/c1-2-6-37-33(5-1)43-41(7-3-21-47-43)51(37)32-17-18-38-34(25-32)44-42(8-4-22-48-44)50(38)31-15-11-29(12-16-31)28-9-13-30(14-10-28)49-39-19-23-45-26-35(39)36-27-46-24-20-40(36)49;/h1-27H;1H4. The molecule has 246 valence electrons. The molecule has 52 heavy (non-hydrogen) atoms. The van der Waals surface area contributed by atoms with Crippen LogP contribution < -0.4 is 0 Å². The van der Waals surface area contributed by atoms with Crippen molar-refractivity contribution in [1.29, 1.82) is 0 Å². The highest BCUT2D eigenvalue weighted by Gasteiger charge is 2.18. The van der Waals surface area contributed by atoms with E-state index in [-0.39, 0.29) is 7.43 Å². The molecule has 7 nitrogen and oxygen atoms in total. The van der Waals surface area contributed by atoms with E-state index in [1.165, 1.54) is 0 Å². The average Bonchev–Trinajstić information content (AvgIpc) is 3.84. The van der Waals surface area contributed by atoms with Crippen molar-refractivity contribution >= 4 is 65.7 Å². The second kappa shape index (κ2) is 11.5. The third-order valence-electron chi connectivity index (χ3n) is 10.1. The molecule has 11 aromatic rings. The van der Waals surface area contributed by atoms with Gasteiger partial charge >= 0.3 is 0 Å². The van der Waals surface area contributed by atoms with Gasteiger partial charge in [-0.25, -0.2) is 0 Å². The van der Waals surface area contributed by atoms with Crippen LogP contribution in [0.5, 0.6) is 0 Å². The number of benzene rings is 4. The Labute approximate surface area is 298 Å². The number of aromatic nitrogens is 7. The zero-order chi connectivity index (χ0) is 33.5.